The molecule has 0 aromatic rings. The monoisotopic (exact) mass is 258 g/mol. The largest absolute Gasteiger partial charge is 0.465 e. The lowest BCUT2D eigenvalue weighted by molar-refractivity contribution is -0.159. The predicted molar refractivity (Wildman–Crippen MR) is 70.3 cm³/mol. The summed E-state index contributed by atoms with van der Waals surface area (Å²) in [4.78, 5) is 23.6. The number of carbonyl (C=O) groups is 2. The molecule has 0 heterocycles. The maximum Gasteiger partial charge on any atom is 0.319 e. The first-order chi connectivity index (χ1) is 8.21. The molecule has 4 heteroatoms. The van der Waals surface area contributed by atoms with Gasteiger partial charge in [-0.1, -0.05) is 13.8 Å². The highest BCUT2D eigenvalue weighted by Gasteiger charge is 2.37. The van der Waals surface area contributed by atoms with E-state index >= 15 is 0 Å². The minimum Gasteiger partial charge on any atom is -0.465 e. The number of hydrogen-bond donors (Lipinski definition) is 0. The number of rotatable bonds is 8. The van der Waals surface area contributed by atoms with E-state index < -0.39 is 11.4 Å². The molecule has 0 fully saturated rings. The molecule has 0 rings (SSSR count). The quantitative estimate of drug-likeness (QED) is 0.496. The second-order valence-corrected chi connectivity index (χ2v) is 5.52. The first kappa shape index (κ1) is 17.1. The van der Waals surface area contributed by atoms with Gasteiger partial charge in [-0.2, -0.15) is 0 Å². The average molecular weight is 258 g/mol. The van der Waals surface area contributed by atoms with Crippen LogP contribution in [0.15, 0.2) is 0 Å². The fourth-order valence-electron chi connectivity index (χ4n) is 1.56. The summed E-state index contributed by atoms with van der Waals surface area (Å²) in [6.07, 6.45) is 0.916. The molecule has 0 saturated heterocycles. The van der Waals surface area contributed by atoms with Crippen molar-refractivity contribution >= 4 is 11.8 Å². The first-order valence-corrected chi connectivity index (χ1v) is 6.53. The van der Waals surface area contributed by atoms with Gasteiger partial charge in [-0.05, 0) is 40.0 Å². The first-order valence-electron chi connectivity index (χ1n) is 6.53. The highest BCUT2D eigenvalue weighted by Crippen LogP contribution is 2.20. The highest BCUT2D eigenvalue weighted by atomic mass is 16.5. The van der Waals surface area contributed by atoms with Gasteiger partial charge in [0.1, 0.15) is 12.0 Å². The molecular weight excluding hydrogens is 232 g/mol. The summed E-state index contributed by atoms with van der Waals surface area (Å²) >= 11 is 0. The van der Waals surface area contributed by atoms with Crippen LogP contribution in [0.25, 0.3) is 0 Å². The zero-order valence-electron chi connectivity index (χ0n) is 12.4. The van der Waals surface area contributed by atoms with Crippen LogP contribution in [-0.4, -0.2) is 31.1 Å². The second-order valence-electron chi connectivity index (χ2n) is 5.52. The van der Waals surface area contributed by atoms with Gasteiger partial charge in [-0.15, -0.1) is 0 Å². The van der Waals surface area contributed by atoms with Gasteiger partial charge in [0, 0.05) is 0 Å². The Morgan fingerprint density at radius 1 is 1.17 bits per heavy atom. The molecule has 0 aliphatic rings. The van der Waals surface area contributed by atoms with E-state index in [2.05, 4.69) is 13.8 Å². The molecular formula is C14H26O4. The van der Waals surface area contributed by atoms with Crippen LogP contribution in [0.5, 0.6) is 0 Å². The van der Waals surface area contributed by atoms with Crippen LogP contribution < -0.4 is 0 Å². The average Bonchev–Trinajstić information content (AvgIpc) is 2.25. The summed E-state index contributed by atoms with van der Waals surface area (Å²) in [5.74, 6) is -0.208. The van der Waals surface area contributed by atoms with Crippen molar-refractivity contribution in [1.29, 1.82) is 0 Å². The molecule has 18 heavy (non-hydrogen) atoms. The van der Waals surface area contributed by atoms with E-state index in [9.17, 15) is 9.59 Å². The lowest BCUT2D eigenvalue weighted by Crippen LogP contribution is -2.38. The lowest BCUT2D eigenvalue weighted by Gasteiger charge is -2.22. The Bertz CT molecular complexity index is 282. The molecule has 106 valence electrons. The van der Waals surface area contributed by atoms with Gasteiger partial charge < -0.3 is 9.47 Å². The van der Waals surface area contributed by atoms with Crippen LogP contribution in [0.1, 0.15) is 48.0 Å². The van der Waals surface area contributed by atoms with Crippen molar-refractivity contribution in [3.05, 3.63) is 0 Å². The smallest absolute Gasteiger partial charge is 0.319 e. The Labute approximate surface area is 110 Å². The number of ether oxygens (including phenoxy) is 2. The molecule has 0 radical (unpaired) electrons. The zero-order valence-corrected chi connectivity index (χ0v) is 12.4. The van der Waals surface area contributed by atoms with Crippen LogP contribution in [0, 0.1) is 11.3 Å². The molecule has 0 aliphatic carbocycles. The van der Waals surface area contributed by atoms with Gasteiger partial charge in [0.2, 0.25) is 0 Å². The van der Waals surface area contributed by atoms with Crippen LogP contribution in [-0.2, 0) is 19.1 Å². The summed E-state index contributed by atoms with van der Waals surface area (Å²) in [7, 11) is 0. The molecule has 0 bridgehead atoms. The third kappa shape index (κ3) is 5.63. The van der Waals surface area contributed by atoms with E-state index in [-0.39, 0.29) is 25.1 Å². The maximum atomic E-state index is 11.9. The van der Waals surface area contributed by atoms with Gasteiger partial charge in [0.25, 0.3) is 0 Å². The Morgan fingerprint density at radius 2 is 1.72 bits per heavy atom. The van der Waals surface area contributed by atoms with Crippen molar-refractivity contribution in [3.63, 3.8) is 0 Å². The zero-order chi connectivity index (χ0) is 14.3. The van der Waals surface area contributed by atoms with Crippen molar-refractivity contribution in [2.45, 2.75) is 54.1 Å². The third-order valence-electron chi connectivity index (χ3n) is 2.79. The number of carbonyl (C=O) groups excluding carboxylic acids is 2. The fraction of sp³-hybridized carbons (Fsp3) is 0.857. The summed E-state index contributed by atoms with van der Waals surface area (Å²) in [6.45, 7) is 11.2. The summed E-state index contributed by atoms with van der Waals surface area (Å²) < 4.78 is 10.4. The van der Waals surface area contributed by atoms with Gasteiger partial charge in [-0.3, -0.25) is 9.59 Å². The molecule has 0 aromatic heterocycles. The SMILES string of the molecule is CCOC(=O)C(C)(C)C(=O)COC(C)CC(C)C. The molecule has 0 aromatic carbocycles. The van der Waals surface area contributed by atoms with E-state index in [0.29, 0.717) is 5.92 Å². The molecule has 1 atom stereocenters. The van der Waals surface area contributed by atoms with Crippen molar-refractivity contribution in [1.82, 2.24) is 0 Å². The highest BCUT2D eigenvalue weighted by molar-refractivity contribution is 6.03. The van der Waals surface area contributed by atoms with Gasteiger partial charge in [0.15, 0.2) is 5.78 Å². The van der Waals surface area contributed by atoms with Crippen LogP contribution in [0.2, 0.25) is 0 Å². The van der Waals surface area contributed by atoms with Crippen molar-refractivity contribution < 1.29 is 19.1 Å². The lowest BCUT2D eigenvalue weighted by atomic mass is 9.88. The van der Waals surface area contributed by atoms with Gasteiger partial charge in [-0.25, -0.2) is 0 Å². The molecule has 0 amide bonds. The third-order valence-corrected chi connectivity index (χ3v) is 2.79. The summed E-state index contributed by atoms with van der Waals surface area (Å²) in [5, 5.41) is 0. The van der Waals surface area contributed by atoms with Crippen LogP contribution >= 0.6 is 0 Å². The number of hydrogen-bond acceptors (Lipinski definition) is 4. The molecule has 4 nitrogen and oxygen atoms in total. The molecule has 0 aliphatic heterocycles. The van der Waals surface area contributed by atoms with E-state index in [4.69, 9.17) is 9.47 Å². The van der Waals surface area contributed by atoms with Crippen LogP contribution in [0.4, 0.5) is 0 Å². The minimum absolute atomic E-state index is 0.0203. The standard InChI is InChI=1S/C14H26O4/c1-7-17-13(16)14(5,6)12(15)9-18-11(4)8-10(2)3/h10-11H,7-9H2,1-6H3. The number of esters is 1. The molecule has 0 spiro atoms. The number of ketones is 1. The Hall–Kier alpha value is -0.900. The van der Waals surface area contributed by atoms with Gasteiger partial charge in [0.05, 0.1) is 12.7 Å². The maximum absolute atomic E-state index is 11.9. The topological polar surface area (TPSA) is 52.6 Å². The van der Waals surface area contributed by atoms with Crippen molar-refractivity contribution in [2.75, 3.05) is 13.2 Å². The predicted octanol–water partition coefficient (Wildman–Crippen LogP) is 2.60. The van der Waals surface area contributed by atoms with E-state index in [0.717, 1.165) is 6.42 Å². The normalized spacial score (nSPS) is 13.5. The van der Waals surface area contributed by atoms with Crippen molar-refractivity contribution in [2.24, 2.45) is 11.3 Å². The van der Waals surface area contributed by atoms with E-state index in [1.807, 2.05) is 6.92 Å². The van der Waals surface area contributed by atoms with E-state index in [1.165, 1.54) is 0 Å². The fourth-order valence-corrected chi connectivity index (χ4v) is 1.56. The minimum atomic E-state index is -1.13. The van der Waals surface area contributed by atoms with Gasteiger partial charge >= 0.3 is 5.97 Å². The Morgan fingerprint density at radius 3 is 2.17 bits per heavy atom. The molecule has 0 saturated carbocycles. The van der Waals surface area contributed by atoms with Crippen LogP contribution in [0.3, 0.4) is 0 Å². The molecule has 1 unspecified atom stereocenters. The second kappa shape index (κ2) is 7.52. The summed E-state index contributed by atoms with van der Waals surface area (Å²) in [6, 6.07) is 0. The Balaban J connectivity index is 4.27. The molecule has 0 N–H and O–H groups in total. The summed E-state index contributed by atoms with van der Waals surface area (Å²) in [5.41, 5.74) is -1.13. The van der Waals surface area contributed by atoms with E-state index in [1.54, 1.807) is 20.8 Å². The Kier molecular flexibility index (Phi) is 7.14. The van der Waals surface area contributed by atoms with Crippen molar-refractivity contribution in [3.8, 4) is 0 Å². The number of Topliss-reactive ketones (excluding diaryl/α,β-unsaturated/α-hetero) is 1.